The topological polar surface area (TPSA) is 49.4 Å². The van der Waals surface area contributed by atoms with E-state index in [-0.39, 0.29) is 18.2 Å². The van der Waals surface area contributed by atoms with Gasteiger partial charge in [0.25, 0.3) is 0 Å². The van der Waals surface area contributed by atoms with Crippen LogP contribution in [0.3, 0.4) is 0 Å². The number of amides is 2. The molecule has 3 aromatic carbocycles. The van der Waals surface area contributed by atoms with E-state index in [4.69, 9.17) is 11.6 Å². The Balaban J connectivity index is 1.92. The second-order valence-electron chi connectivity index (χ2n) is 8.66. The zero-order chi connectivity index (χ0) is 24.3. The number of hydrogen-bond acceptors (Lipinski definition) is 2. The molecule has 5 heteroatoms. The van der Waals surface area contributed by atoms with Crippen LogP contribution >= 0.6 is 11.6 Å². The van der Waals surface area contributed by atoms with Crippen molar-refractivity contribution in [3.8, 4) is 0 Å². The Hall–Kier alpha value is -3.11. The number of carbonyl (C=O) groups is 2. The molecule has 0 saturated heterocycles. The van der Waals surface area contributed by atoms with Gasteiger partial charge in [0, 0.05) is 24.5 Å². The second-order valence-corrected chi connectivity index (χ2v) is 9.10. The summed E-state index contributed by atoms with van der Waals surface area (Å²) in [6, 6.07) is 24.7. The lowest BCUT2D eigenvalue weighted by Crippen LogP contribution is -2.51. The molecule has 1 N–H and O–H groups in total. The third-order valence-electron chi connectivity index (χ3n) is 5.84. The van der Waals surface area contributed by atoms with Crippen molar-refractivity contribution in [3.05, 3.63) is 106 Å². The maximum absolute atomic E-state index is 13.6. The monoisotopic (exact) mass is 476 g/mol. The van der Waals surface area contributed by atoms with Crippen LogP contribution in [0.2, 0.25) is 5.02 Å². The van der Waals surface area contributed by atoms with Crippen molar-refractivity contribution in [1.82, 2.24) is 10.2 Å². The minimum absolute atomic E-state index is 0.0885. The fourth-order valence-corrected chi connectivity index (χ4v) is 3.95. The van der Waals surface area contributed by atoms with Gasteiger partial charge >= 0.3 is 0 Å². The van der Waals surface area contributed by atoms with Gasteiger partial charge in [-0.1, -0.05) is 97.2 Å². The van der Waals surface area contributed by atoms with Gasteiger partial charge in [-0.05, 0) is 42.2 Å². The molecule has 0 heterocycles. The molecule has 3 aromatic rings. The average molecular weight is 477 g/mol. The van der Waals surface area contributed by atoms with Gasteiger partial charge in [-0.3, -0.25) is 9.59 Å². The Morgan fingerprint density at radius 1 is 0.882 bits per heavy atom. The number of nitrogens with one attached hydrogen (secondary N) is 1. The summed E-state index contributed by atoms with van der Waals surface area (Å²) in [5.74, 6) is -0.205. The molecule has 0 radical (unpaired) electrons. The minimum Gasteiger partial charge on any atom is -0.354 e. The number of nitrogens with zero attached hydrogens (tertiary/aromatic N) is 1. The number of halogens is 1. The Bertz CT molecular complexity index is 1050. The Labute approximate surface area is 207 Å². The van der Waals surface area contributed by atoms with Crippen LogP contribution in [-0.2, 0) is 29.0 Å². The largest absolute Gasteiger partial charge is 0.354 e. The van der Waals surface area contributed by atoms with Crippen LogP contribution < -0.4 is 5.32 Å². The van der Waals surface area contributed by atoms with Gasteiger partial charge in [0.05, 0.1) is 6.42 Å². The van der Waals surface area contributed by atoms with Crippen molar-refractivity contribution in [2.45, 2.75) is 52.1 Å². The van der Waals surface area contributed by atoms with E-state index in [1.54, 1.807) is 17.0 Å². The molecule has 0 aromatic heterocycles. The van der Waals surface area contributed by atoms with Gasteiger partial charge in [-0.15, -0.1) is 0 Å². The van der Waals surface area contributed by atoms with Gasteiger partial charge < -0.3 is 10.2 Å². The minimum atomic E-state index is -0.611. The smallest absolute Gasteiger partial charge is 0.243 e. The van der Waals surface area contributed by atoms with Crippen LogP contribution in [0, 0.1) is 6.92 Å². The summed E-state index contributed by atoms with van der Waals surface area (Å²) >= 11 is 6.03. The van der Waals surface area contributed by atoms with E-state index in [0.29, 0.717) is 24.5 Å². The standard InChI is InChI=1S/C29H33ClN2O2/c1-3-4-18-31-29(34)27(19-23-8-6-5-7-9-23)32(21-25-12-10-22(2)11-13-25)28(33)20-24-14-16-26(30)17-15-24/h5-17,27H,3-4,18-21H2,1-2H3,(H,31,34)/t27-/m0/s1. The van der Waals surface area contributed by atoms with E-state index in [0.717, 1.165) is 35.1 Å². The molecule has 0 aliphatic carbocycles. The third-order valence-corrected chi connectivity index (χ3v) is 6.09. The zero-order valence-electron chi connectivity index (χ0n) is 20.0. The molecular formula is C29H33ClN2O2. The number of carbonyl (C=O) groups excluding carboxylic acids is 2. The van der Waals surface area contributed by atoms with Crippen LogP contribution in [0.4, 0.5) is 0 Å². The molecule has 0 spiro atoms. The van der Waals surface area contributed by atoms with E-state index in [1.807, 2.05) is 73.7 Å². The van der Waals surface area contributed by atoms with Crippen molar-refractivity contribution in [1.29, 1.82) is 0 Å². The van der Waals surface area contributed by atoms with Crippen molar-refractivity contribution < 1.29 is 9.59 Å². The summed E-state index contributed by atoms with van der Waals surface area (Å²) in [5, 5.41) is 3.68. The van der Waals surface area contributed by atoms with Crippen LogP contribution in [0.1, 0.15) is 42.0 Å². The highest BCUT2D eigenvalue weighted by Crippen LogP contribution is 2.18. The predicted molar refractivity (Wildman–Crippen MR) is 139 cm³/mol. The molecule has 2 amide bonds. The highest BCUT2D eigenvalue weighted by atomic mass is 35.5. The zero-order valence-corrected chi connectivity index (χ0v) is 20.7. The normalized spacial score (nSPS) is 11.6. The highest BCUT2D eigenvalue weighted by Gasteiger charge is 2.30. The molecule has 34 heavy (non-hydrogen) atoms. The quantitative estimate of drug-likeness (QED) is 0.358. The molecule has 178 valence electrons. The Morgan fingerprint density at radius 3 is 2.18 bits per heavy atom. The molecule has 0 fully saturated rings. The number of hydrogen-bond donors (Lipinski definition) is 1. The first kappa shape index (κ1) is 25.5. The maximum atomic E-state index is 13.6. The fourth-order valence-electron chi connectivity index (χ4n) is 3.83. The molecule has 3 rings (SSSR count). The van der Waals surface area contributed by atoms with E-state index < -0.39 is 6.04 Å². The van der Waals surface area contributed by atoms with Crippen LogP contribution in [0.15, 0.2) is 78.9 Å². The first-order valence-electron chi connectivity index (χ1n) is 11.9. The first-order valence-corrected chi connectivity index (χ1v) is 12.2. The Morgan fingerprint density at radius 2 is 1.53 bits per heavy atom. The predicted octanol–water partition coefficient (Wildman–Crippen LogP) is 5.75. The van der Waals surface area contributed by atoms with Crippen LogP contribution in [0.25, 0.3) is 0 Å². The molecule has 0 bridgehead atoms. The van der Waals surface area contributed by atoms with Crippen LogP contribution in [-0.4, -0.2) is 29.3 Å². The molecule has 4 nitrogen and oxygen atoms in total. The van der Waals surface area contributed by atoms with E-state index in [1.165, 1.54) is 0 Å². The summed E-state index contributed by atoms with van der Waals surface area (Å²) in [5.41, 5.74) is 4.04. The lowest BCUT2D eigenvalue weighted by Gasteiger charge is -2.32. The third kappa shape index (κ3) is 7.74. The number of benzene rings is 3. The molecule has 1 atom stereocenters. The number of unbranched alkanes of at least 4 members (excludes halogenated alkanes) is 1. The summed E-state index contributed by atoms with van der Waals surface area (Å²) in [6.07, 6.45) is 2.56. The van der Waals surface area contributed by atoms with E-state index in [2.05, 4.69) is 12.2 Å². The van der Waals surface area contributed by atoms with Gasteiger partial charge in [0.2, 0.25) is 11.8 Å². The van der Waals surface area contributed by atoms with Crippen molar-refractivity contribution in [2.75, 3.05) is 6.54 Å². The SMILES string of the molecule is CCCCNC(=O)[C@H](Cc1ccccc1)N(Cc1ccc(C)cc1)C(=O)Cc1ccc(Cl)cc1. The molecular weight excluding hydrogens is 444 g/mol. The van der Waals surface area contributed by atoms with Crippen molar-refractivity contribution >= 4 is 23.4 Å². The molecule has 0 aliphatic heterocycles. The molecule has 0 aliphatic rings. The first-order chi connectivity index (χ1) is 16.5. The number of rotatable bonds is 11. The fraction of sp³-hybridized carbons (Fsp3) is 0.310. The van der Waals surface area contributed by atoms with Gasteiger partial charge in [0.15, 0.2) is 0 Å². The molecule has 0 unspecified atom stereocenters. The highest BCUT2D eigenvalue weighted by molar-refractivity contribution is 6.30. The van der Waals surface area contributed by atoms with E-state index in [9.17, 15) is 9.59 Å². The van der Waals surface area contributed by atoms with Crippen molar-refractivity contribution in [3.63, 3.8) is 0 Å². The lowest BCUT2D eigenvalue weighted by atomic mass is 10.0. The van der Waals surface area contributed by atoms with Gasteiger partial charge in [-0.25, -0.2) is 0 Å². The Kier molecular flexibility index (Phi) is 9.72. The molecule has 0 saturated carbocycles. The second kappa shape index (κ2) is 13.0. The van der Waals surface area contributed by atoms with Gasteiger partial charge in [-0.2, -0.15) is 0 Å². The van der Waals surface area contributed by atoms with Crippen molar-refractivity contribution in [2.24, 2.45) is 0 Å². The van der Waals surface area contributed by atoms with Crippen LogP contribution in [0.5, 0.6) is 0 Å². The maximum Gasteiger partial charge on any atom is 0.243 e. The van der Waals surface area contributed by atoms with E-state index >= 15 is 0 Å². The summed E-state index contributed by atoms with van der Waals surface area (Å²) in [6.45, 7) is 5.09. The lowest BCUT2D eigenvalue weighted by molar-refractivity contribution is -0.140. The summed E-state index contributed by atoms with van der Waals surface area (Å²) in [7, 11) is 0. The summed E-state index contributed by atoms with van der Waals surface area (Å²) < 4.78 is 0. The average Bonchev–Trinajstić information content (AvgIpc) is 2.84. The summed E-state index contributed by atoms with van der Waals surface area (Å²) in [4.78, 5) is 28.8. The van der Waals surface area contributed by atoms with Gasteiger partial charge in [0.1, 0.15) is 6.04 Å². The number of aryl methyl sites for hydroxylation is 1.